The molecule has 0 bridgehead atoms. The Morgan fingerprint density at radius 1 is 1.17 bits per heavy atom. The molecule has 1 heterocycles. The smallest absolute Gasteiger partial charge is 0.175 e. The van der Waals surface area contributed by atoms with E-state index >= 15 is 0 Å². The highest BCUT2D eigenvalue weighted by molar-refractivity contribution is 5.91. The van der Waals surface area contributed by atoms with E-state index in [-0.39, 0.29) is 11.0 Å². The predicted octanol–water partition coefficient (Wildman–Crippen LogP) is 4.65. The number of hydrogen-bond donors (Lipinski definition) is 1. The lowest BCUT2D eigenvalue weighted by atomic mass is 9.45. The molecule has 5 fully saturated rings. The number of aliphatic hydroxyl groups is 1. The van der Waals surface area contributed by atoms with Crippen LogP contribution >= 0.6 is 0 Å². The van der Waals surface area contributed by atoms with Crippen molar-refractivity contribution in [1.29, 1.82) is 0 Å². The molecule has 0 aromatic rings. The summed E-state index contributed by atoms with van der Waals surface area (Å²) in [6.45, 7) is 2.39. The second-order valence-electron chi connectivity index (χ2n) is 11.5. The first-order valence-corrected chi connectivity index (χ1v) is 12.4. The van der Waals surface area contributed by atoms with E-state index in [2.05, 4.69) is 19.1 Å². The topological polar surface area (TPSA) is 46.5 Å². The molecule has 5 saturated carbocycles. The first-order chi connectivity index (χ1) is 14.1. The van der Waals surface area contributed by atoms with Crippen molar-refractivity contribution in [3.05, 3.63) is 23.8 Å². The van der Waals surface area contributed by atoms with Crippen molar-refractivity contribution in [3.63, 3.8) is 0 Å². The molecule has 1 spiro atoms. The Kier molecular flexibility index (Phi) is 3.45. The van der Waals surface area contributed by atoms with Gasteiger partial charge < -0.3 is 9.84 Å². The largest absolute Gasteiger partial charge is 0.365 e. The maximum atomic E-state index is 12.2. The Bertz CT molecular complexity index is 824. The molecule has 0 saturated heterocycles. The molecule has 29 heavy (non-hydrogen) atoms. The number of carbonyl (C=O) groups is 1. The fraction of sp³-hybridized carbons (Fsp3) is 0.808. The molecular weight excluding hydrogens is 360 g/mol. The molecule has 7 aliphatic rings. The Hall–Kier alpha value is -0.930. The molecule has 10 atom stereocenters. The zero-order valence-electron chi connectivity index (χ0n) is 17.6. The molecule has 156 valence electrons. The van der Waals surface area contributed by atoms with E-state index in [0.717, 1.165) is 48.3 Å². The van der Waals surface area contributed by atoms with Gasteiger partial charge in [-0.05, 0) is 111 Å². The van der Waals surface area contributed by atoms with Crippen LogP contribution in [0.2, 0.25) is 0 Å². The molecule has 0 amide bonds. The van der Waals surface area contributed by atoms with Gasteiger partial charge in [0.1, 0.15) is 0 Å². The van der Waals surface area contributed by atoms with E-state index in [1.807, 2.05) is 6.08 Å². The molecule has 6 aliphatic carbocycles. The Labute approximate surface area is 174 Å². The summed E-state index contributed by atoms with van der Waals surface area (Å²) in [6.07, 6.45) is 16.5. The molecule has 1 N–H and O–H groups in total. The minimum Gasteiger partial charge on any atom is -0.365 e. The molecule has 0 aromatic heterocycles. The fourth-order valence-electron chi connectivity index (χ4n) is 9.77. The first kappa shape index (κ1) is 17.7. The second-order valence-corrected chi connectivity index (χ2v) is 11.5. The van der Waals surface area contributed by atoms with Gasteiger partial charge in [-0.1, -0.05) is 18.6 Å². The molecule has 3 heteroatoms. The zero-order chi connectivity index (χ0) is 19.5. The van der Waals surface area contributed by atoms with E-state index in [0.29, 0.717) is 17.6 Å². The average molecular weight is 395 g/mol. The lowest BCUT2D eigenvalue weighted by molar-refractivity contribution is -0.206. The van der Waals surface area contributed by atoms with Gasteiger partial charge in [-0.2, -0.15) is 0 Å². The van der Waals surface area contributed by atoms with Gasteiger partial charge in [-0.25, -0.2) is 0 Å². The quantitative estimate of drug-likeness (QED) is 0.693. The molecular formula is C26H34O3. The molecule has 4 unspecified atom stereocenters. The van der Waals surface area contributed by atoms with Crippen LogP contribution in [0.1, 0.15) is 64.7 Å². The van der Waals surface area contributed by atoms with Crippen molar-refractivity contribution in [3.8, 4) is 0 Å². The molecule has 3 nitrogen and oxygen atoms in total. The van der Waals surface area contributed by atoms with Gasteiger partial charge in [0.2, 0.25) is 0 Å². The minimum atomic E-state index is -0.708. The zero-order valence-corrected chi connectivity index (χ0v) is 17.6. The average Bonchev–Trinajstić information content (AvgIpc) is 3.64. The van der Waals surface area contributed by atoms with Gasteiger partial charge in [-0.3, -0.25) is 4.79 Å². The van der Waals surface area contributed by atoms with Crippen molar-refractivity contribution in [2.75, 3.05) is 0 Å². The summed E-state index contributed by atoms with van der Waals surface area (Å²) in [5.74, 6) is 6.52. The number of fused-ring (bicyclic) bond motifs is 9. The van der Waals surface area contributed by atoms with Crippen LogP contribution in [0.3, 0.4) is 0 Å². The second kappa shape index (κ2) is 5.65. The monoisotopic (exact) mass is 394 g/mol. The van der Waals surface area contributed by atoms with Gasteiger partial charge in [0, 0.05) is 11.8 Å². The lowest BCUT2D eigenvalue weighted by Gasteiger charge is -2.60. The van der Waals surface area contributed by atoms with E-state index in [4.69, 9.17) is 4.74 Å². The number of ether oxygens (including phenoxy) is 1. The van der Waals surface area contributed by atoms with Crippen molar-refractivity contribution >= 4 is 5.78 Å². The number of ketones is 1. The van der Waals surface area contributed by atoms with Gasteiger partial charge >= 0.3 is 0 Å². The van der Waals surface area contributed by atoms with Crippen molar-refractivity contribution < 1.29 is 14.6 Å². The summed E-state index contributed by atoms with van der Waals surface area (Å²) in [4.78, 5) is 12.2. The van der Waals surface area contributed by atoms with Crippen LogP contribution in [-0.2, 0) is 9.53 Å². The van der Waals surface area contributed by atoms with E-state index in [9.17, 15) is 9.90 Å². The van der Waals surface area contributed by atoms with Crippen molar-refractivity contribution in [2.24, 2.45) is 52.8 Å². The van der Waals surface area contributed by atoms with E-state index < -0.39 is 6.29 Å². The highest BCUT2D eigenvalue weighted by Gasteiger charge is 2.78. The summed E-state index contributed by atoms with van der Waals surface area (Å²) in [5.41, 5.74) is 1.54. The molecule has 0 radical (unpaired) electrons. The maximum absolute atomic E-state index is 12.2. The summed E-state index contributed by atoms with van der Waals surface area (Å²) < 4.78 is 6.43. The predicted molar refractivity (Wildman–Crippen MR) is 110 cm³/mol. The number of hydrogen-bond acceptors (Lipinski definition) is 3. The van der Waals surface area contributed by atoms with Gasteiger partial charge in [-0.15, -0.1) is 0 Å². The Morgan fingerprint density at radius 3 is 2.76 bits per heavy atom. The van der Waals surface area contributed by atoms with E-state index in [1.54, 1.807) is 0 Å². The van der Waals surface area contributed by atoms with Crippen LogP contribution in [0.5, 0.6) is 0 Å². The van der Waals surface area contributed by atoms with Crippen LogP contribution in [-0.4, -0.2) is 22.8 Å². The van der Waals surface area contributed by atoms with Crippen LogP contribution in [0.4, 0.5) is 0 Å². The highest BCUT2D eigenvalue weighted by atomic mass is 16.6. The third-order valence-electron chi connectivity index (χ3n) is 10.8. The van der Waals surface area contributed by atoms with Crippen LogP contribution in [0.15, 0.2) is 23.8 Å². The van der Waals surface area contributed by atoms with Crippen LogP contribution in [0, 0.1) is 52.8 Å². The molecule has 7 rings (SSSR count). The van der Waals surface area contributed by atoms with Crippen molar-refractivity contribution in [1.82, 2.24) is 0 Å². The third kappa shape index (κ3) is 2.10. The van der Waals surface area contributed by atoms with E-state index in [1.165, 1.54) is 50.5 Å². The van der Waals surface area contributed by atoms with Gasteiger partial charge in [0.15, 0.2) is 12.1 Å². The van der Waals surface area contributed by atoms with Crippen molar-refractivity contribution in [2.45, 2.75) is 76.6 Å². The number of aliphatic hydroxyl groups excluding tert-OH is 1. The van der Waals surface area contributed by atoms with Gasteiger partial charge in [0.05, 0.1) is 5.60 Å². The maximum Gasteiger partial charge on any atom is 0.175 e. The number of allylic oxidation sites excluding steroid dienone is 1. The Balaban J connectivity index is 1.33. The summed E-state index contributed by atoms with van der Waals surface area (Å²) in [5, 5.41) is 10.3. The van der Waals surface area contributed by atoms with Gasteiger partial charge in [0.25, 0.3) is 0 Å². The highest BCUT2D eigenvalue weighted by Crippen LogP contribution is 2.79. The third-order valence-corrected chi connectivity index (χ3v) is 10.8. The normalized spacial score (nSPS) is 57.2. The number of rotatable bonds is 2. The first-order valence-electron chi connectivity index (χ1n) is 12.4. The molecule has 0 aromatic carbocycles. The SMILES string of the molecule is CC[C@]12CCC3C(C1[C@H]1C[C@H]1[C@@]21C=CC(O)O1)[C@@H](C1CC1)CC1=CC(=O)CC[C@@H]13. The summed E-state index contributed by atoms with van der Waals surface area (Å²) in [7, 11) is 0. The summed E-state index contributed by atoms with van der Waals surface area (Å²) >= 11 is 0. The van der Waals surface area contributed by atoms with Crippen LogP contribution in [0.25, 0.3) is 0 Å². The minimum absolute atomic E-state index is 0.200. The lowest BCUT2D eigenvalue weighted by Crippen LogP contribution is -2.58. The fourth-order valence-corrected chi connectivity index (χ4v) is 9.77. The standard InChI is InChI=1S/C26H34O3/c1-2-25-9-7-18-17-6-5-16(27)11-15(17)12-19(14-3-4-14)23(18)24(25)20-13-21(20)26(25)10-8-22(28)29-26/h8,10-11,14,17-24,28H,2-7,9,12-13H2,1H3/t17-,18?,19+,20-,21+,22?,23?,24?,25-,26-/m0/s1. The Morgan fingerprint density at radius 2 is 2.03 bits per heavy atom. The summed E-state index contributed by atoms with van der Waals surface area (Å²) in [6, 6.07) is 0. The molecule has 1 aliphatic heterocycles. The van der Waals surface area contributed by atoms with Crippen LogP contribution < -0.4 is 0 Å². The number of carbonyl (C=O) groups excluding carboxylic acids is 1.